The molecule has 1 saturated heterocycles. The van der Waals surface area contributed by atoms with Gasteiger partial charge in [-0.3, -0.25) is 4.90 Å². The number of piperidine rings is 1. The number of nitrogens with zero attached hydrogens (tertiary/aromatic N) is 1. The first kappa shape index (κ1) is 17.3. The fourth-order valence-corrected chi connectivity index (χ4v) is 3.88. The summed E-state index contributed by atoms with van der Waals surface area (Å²) in [6.07, 6.45) is 3.77. The molecule has 0 spiro atoms. The Morgan fingerprint density at radius 1 is 1.17 bits per heavy atom. The van der Waals surface area contributed by atoms with E-state index in [1.54, 1.807) is 35.6 Å². The van der Waals surface area contributed by atoms with Gasteiger partial charge in [0, 0.05) is 17.3 Å². The number of amides is 2. The highest BCUT2D eigenvalue weighted by atomic mass is 35.5. The van der Waals surface area contributed by atoms with Gasteiger partial charge in [-0.25, -0.2) is 4.79 Å². The van der Waals surface area contributed by atoms with Crippen molar-refractivity contribution in [2.24, 2.45) is 0 Å². The third kappa shape index (κ3) is 4.72. The summed E-state index contributed by atoms with van der Waals surface area (Å²) < 4.78 is 0. The fraction of sp³-hybridized carbons (Fsp3) is 0.389. The number of nitrogens with one attached hydrogen (secondary N) is 2. The summed E-state index contributed by atoms with van der Waals surface area (Å²) in [4.78, 5) is 14.7. The largest absolute Gasteiger partial charge is 0.336 e. The van der Waals surface area contributed by atoms with Gasteiger partial charge in [0.15, 0.2) is 0 Å². The number of carbonyl (C=O) groups is 1. The molecule has 24 heavy (non-hydrogen) atoms. The summed E-state index contributed by atoms with van der Waals surface area (Å²) >= 11 is 7.56. The lowest BCUT2D eigenvalue weighted by molar-refractivity contribution is 0.161. The van der Waals surface area contributed by atoms with Crippen LogP contribution in [0.4, 0.5) is 10.5 Å². The lowest BCUT2D eigenvalue weighted by Gasteiger charge is -2.34. The van der Waals surface area contributed by atoms with Crippen LogP contribution in [0.1, 0.15) is 30.9 Å². The van der Waals surface area contributed by atoms with Crippen molar-refractivity contribution >= 4 is 34.7 Å². The first-order valence-electron chi connectivity index (χ1n) is 8.29. The molecule has 1 aromatic carbocycles. The van der Waals surface area contributed by atoms with Crippen LogP contribution < -0.4 is 10.6 Å². The molecule has 128 valence electrons. The number of urea groups is 1. The van der Waals surface area contributed by atoms with Crippen molar-refractivity contribution in [3.8, 4) is 0 Å². The molecule has 1 fully saturated rings. The Labute approximate surface area is 151 Å². The number of thiophene rings is 1. The standard InChI is InChI=1S/C18H22ClN3OS/c19-15-4-6-16(7-5-15)21-18(23)20-12-17(14-8-11-24-13-14)22-9-2-1-3-10-22/h4-8,11,13,17H,1-3,9-10,12H2,(H2,20,21,23). The molecule has 1 unspecified atom stereocenters. The Bertz CT molecular complexity index is 639. The highest BCUT2D eigenvalue weighted by Crippen LogP contribution is 2.25. The molecule has 2 amide bonds. The maximum atomic E-state index is 12.2. The van der Waals surface area contributed by atoms with E-state index in [0.717, 1.165) is 18.8 Å². The van der Waals surface area contributed by atoms with Crippen LogP contribution in [0.15, 0.2) is 41.1 Å². The highest BCUT2D eigenvalue weighted by Gasteiger charge is 2.23. The summed E-state index contributed by atoms with van der Waals surface area (Å²) in [5.74, 6) is 0. The van der Waals surface area contributed by atoms with Crippen molar-refractivity contribution in [1.82, 2.24) is 10.2 Å². The average Bonchev–Trinajstić information content (AvgIpc) is 3.12. The lowest BCUT2D eigenvalue weighted by Crippen LogP contribution is -2.41. The zero-order valence-electron chi connectivity index (χ0n) is 13.5. The molecule has 0 radical (unpaired) electrons. The van der Waals surface area contributed by atoms with Gasteiger partial charge >= 0.3 is 6.03 Å². The minimum atomic E-state index is -0.186. The molecular weight excluding hydrogens is 342 g/mol. The number of hydrogen-bond acceptors (Lipinski definition) is 3. The number of anilines is 1. The summed E-state index contributed by atoms with van der Waals surface area (Å²) in [5.41, 5.74) is 2.02. The van der Waals surface area contributed by atoms with E-state index < -0.39 is 0 Å². The van der Waals surface area contributed by atoms with E-state index in [1.807, 2.05) is 0 Å². The van der Waals surface area contributed by atoms with Crippen LogP contribution in [0, 0.1) is 0 Å². The molecule has 1 aliphatic heterocycles. The minimum absolute atomic E-state index is 0.186. The molecule has 0 saturated carbocycles. The number of rotatable bonds is 5. The van der Waals surface area contributed by atoms with Gasteiger partial charge in [-0.05, 0) is 72.6 Å². The van der Waals surface area contributed by atoms with Crippen LogP contribution in [0.5, 0.6) is 0 Å². The van der Waals surface area contributed by atoms with E-state index in [1.165, 1.54) is 24.8 Å². The smallest absolute Gasteiger partial charge is 0.319 e. The first-order chi connectivity index (χ1) is 11.7. The van der Waals surface area contributed by atoms with E-state index in [-0.39, 0.29) is 12.1 Å². The molecule has 3 rings (SSSR count). The van der Waals surface area contributed by atoms with Gasteiger partial charge in [-0.15, -0.1) is 0 Å². The molecule has 1 aromatic heterocycles. The molecule has 1 aliphatic rings. The van der Waals surface area contributed by atoms with Crippen molar-refractivity contribution in [2.75, 3.05) is 25.0 Å². The molecule has 2 aromatic rings. The Morgan fingerprint density at radius 2 is 1.92 bits per heavy atom. The van der Waals surface area contributed by atoms with E-state index in [2.05, 4.69) is 32.4 Å². The van der Waals surface area contributed by atoms with E-state index in [9.17, 15) is 4.79 Å². The third-order valence-corrected chi connectivity index (χ3v) is 5.27. The van der Waals surface area contributed by atoms with E-state index in [4.69, 9.17) is 11.6 Å². The Morgan fingerprint density at radius 3 is 2.58 bits per heavy atom. The molecule has 6 heteroatoms. The van der Waals surface area contributed by atoms with Gasteiger partial charge in [-0.2, -0.15) is 11.3 Å². The lowest BCUT2D eigenvalue weighted by atomic mass is 10.0. The van der Waals surface area contributed by atoms with Crippen LogP contribution in [0.2, 0.25) is 5.02 Å². The van der Waals surface area contributed by atoms with Crippen molar-refractivity contribution in [3.05, 3.63) is 51.7 Å². The van der Waals surface area contributed by atoms with Gasteiger partial charge in [0.2, 0.25) is 0 Å². The number of carbonyl (C=O) groups excluding carboxylic acids is 1. The quantitative estimate of drug-likeness (QED) is 0.805. The predicted molar refractivity (Wildman–Crippen MR) is 101 cm³/mol. The molecule has 2 heterocycles. The summed E-state index contributed by atoms with van der Waals surface area (Å²) in [5, 5.41) is 10.8. The summed E-state index contributed by atoms with van der Waals surface area (Å²) in [6.45, 7) is 2.80. The van der Waals surface area contributed by atoms with Gasteiger partial charge in [0.25, 0.3) is 0 Å². The number of hydrogen-bond donors (Lipinski definition) is 2. The Balaban J connectivity index is 1.58. The van der Waals surface area contributed by atoms with Crippen LogP contribution in [0.3, 0.4) is 0 Å². The van der Waals surface area contributed by atoms with Crippen molar-refractivity contribution in [1.29, 1.82) is 0 Å². The molecule has 4 nitrogen and oxygen atoms in total. The van der Waals surface area contributed by atoms with Crippen LogP contribution in [-0.4, -0.2) is 30.6 Å². The molecular formula is C18H22ClN3OS. The molecule has 2 N–H and O–H groups in total. The summed E-state index contributed by atoms with van der Waals surface area (Å²) in [6, 6.07) is 9.33. The van der Waals surface area contributed by atoms with Crippen molar-refractivity contribution in [3.63, 3.8) is 0 Å². The van der Waals surface area contributed by atoms with Crippen LogP contribution in [-0.2, 0) is 0 Å². The topological polar surface area (TPSA) is 44.4 Å². The third-order valence-electron chi connectivity index (χ3n) is 4.32. The maximum absolute atomic E-state index is 12.2. The molecule has 0 bridgehead atoms. The predicted octanol–water partition coefficient (Wildman–Crippen LogP) is 4.75. The van der Waals surface area contributed by atoms with Crippen LogP contribution in [0.25, 0.3) is 0 Å². The highest BCUT2D eigenvalue weighted by molar-refractivity contribution is 7.07. The number of likely N-dealkylation sites (tertiary alicyclic amines) is 1. The second-order valence-corrected chi connectivity index (χ2v) is 7.23. The van der Waals surface area contributed by atoms with Crippen molar-refractivity contribution < 1.29 is 4.79 Å². The minimum Gasteiger partial charge on any atom is -0.336 e. The second kappa shape index (κ2) is 8.51. The molecule has 0 aliphatic carbocycles. The number of halogens is 1. The zero-order chi connectivity index (χ0) is 16.8. The van der Waals surface area contributed by atoms with Gasteiger partial charge in [0.1, 0.15) is 0 Å². The van der Waals surface area contributed by atoms with E-state index in [0.29, 0.717) is 11.6 Å². The van der Waals surface area contributed by atoms with Gasteiger partial charge in [-0.1, -0.05) is 18.0 Å². The van der Waals surface area contributed by atoms with Crippen LogP contribution >= 0.6 is 22.9 Å². The SMILES string of the molecule is O=C(NCC(c1ccsc1)N1CCCCC1)Nc1ccc(Cl)cc1. The average molecular weight is 364 g/mol. The van der Waals surface area contributed by atoms with Crippen molar-refractivity contribution in [2.45, 2.75) is 25.3 Å². The number of benzene rings is 1. The monoisotopic (exact) mass is 363 g/mol. The normalized spacial score (nSPS) is 16.5. The first-order valence-corrected chi connectivity index (χ1v) is 9.61. The van der Waals surface area contributed by atoms with Gasteiger partial charge < -0.3 is 10.6 Å². The maximum Gasteiger partial charge on any atom is 0.319 e. The van der Waals surface area contributed by atoms with E-state index >= 15 is 0 Å². The van der Waals surface area contributed by atoms with Gasteiger partial charge in [0.05, 0.1) is 6.04 Å². The molecule has 1 atom stereocenters. The Hall–Kier alpha value is -1.56. The second-order valence-electron chi connectivity index (χ2n) is 6.01. The zero-order valence-corrected chi connectivity index (χ0v) is 15.1. The Kier molecular flexibility index (Phi) is 6.12. The fourth-order valence-electron chi connectivity index (χ4n) is 3.05. The summed E-state index contributed by atoms with van der Waals surface area (Å²) in [7, 11) is 0.